The molecule has 0 saturated carbocycles. The summed E-state index contributed by atoms with van der Waals surface area (Å²) < 4.78 is 5.16. The number of aromatic nitrogens is 2. The van der Waals surface area contributed by atoms with Crippen LogP contribution >= 0.6 is 11.3 Å². The molecule has 1 aromatic carbocycles. The summed E-state index contributed by atoms with van der Waals surface area (Å²) in [4.78, 5) is 28.4. The lowest BCUT2D eigenvalue weighted by molar-refractivity contribution is -0.116. The van der Waals surface area contributed by atoms with Crippen LogP contribution in [0.1, 0.15) is 29.6 Å². The fourth-order valence-electron chi connectivity index (χ4n) is 2.09. The number of carbonyl (C=O) groups excluding carboxylic acids is 2. The number of aryl methyl sites for hydroxylation is 1. The normalized spacial score (nSPS) is 10.5. The van der Waals surface area contributed by atoms with E-state index in [9.17, 15) is 9.59 Å². The second-order valence-corrected chi connectivity index (χ2v) is 6.12. The molecule has 24 heavy (non-hydrogen) atoms. The number of hydrogen-bond acceptors (Lipinski definition) is 6. The fourth-order valence-corrected chi connectivity index (χ4v) is 2.74. The van der Waals surface area contributed by atoms with E-state index in [-0.39, 0.29) is 18.1 Å². The minimum Gasteiger partial charge on any atom is -0.339 e. The molecule has 0 unspecified atom stereocenters. The van der Waals surface area contributed by atoms with Crippen LogP contribution in [0.2, 0.25) is 0 Å². The van der Waals surface area contributed by atoms with E-state index in [0.717, 1.165) is 4.88 Å². The Balaban J connectivity index is 1.53. The lowest BCUT2D eigenvalue weighted by Gasteiger charge is -2.04. The van der Waals surface area contributed by atoms with Crippen LogP contribution in [0, 0.1) is 0 Å². The van der Waals surface area contributed by atoms with Gasteiger partial charge in [0.15, 0.2) is 5.78 Å². The van der Waals surface area contributed by atoms with Gasteiger partial charge in [-0.1, -0.05) is 11.2 Å². The highest BCUT2D eigenvalue weighted by Gasteiger charge is 2.11. The van der Waals surface area contributed by atoms with Gasteiger partial charge in [-0.2, -0.15) is 4.98 Å². The molecule has 0 bridgehead atoms. The van der Waals surface area contributed by atoms with Crippen molar-refractivity contribution in [3.63, 3.8) is 0 Å². The summed E-state index contributed by atoms with van der Waals surface area (Å²) in [7, 11) is 0. The van der Waals surface area contributed by atoms with Gasteiger partial charge in [0.1, 0.15) is 0 Å². The van der Waals surface area contributed by atoms with Crippen molar-refractivity contribution in [2.75, 3.05) is 5.32 Å². The van der Waals surface area contributed by atoms with Crippen LogP contribution in [0.3, 0.4) is 0 Å². The van der Waals surface area contributed by atoms with Crippen molar-refractivity contribution in [2.45, 2.75) is 19.8 Å². The van der Waals surface area contributed by atoms with Crippen LogP contribution in [-0.2, 0) is 11.2 Å². The summed E-state index contributed by atoms with van der Waals surface area (Å²) in [6.07, 6.45) is 0.607. The zero-order chi connectivity index (χ0) is 16.9. The Morgan fingerprint density at radius 2 is 2.00 bits per heavy atom. The topological polar surface area (TPSA) is 85.1 Å². The fraction of sp³-hybridized carbons (Fsp3) is 0.176. The SMILES string of the molecule is CC(=O)c1ccc(NC(=O)CCc2nc(-c3cccs3)no2)cc1. The molecule has 6 nitrogen and oxygen atoms in total. The Morgan fingerprint density at radius 3 is 2.67 bits per heavy atom. The predicted octanol–water partition coefficient (Wildman–Crippen LogP) is 3.57. The van der Waals surface area contributed by atoms with Crippen molar-refractivity contribution in [1.29, 1.82) is 0 Å². The van der Waals surface area contributed by atoms with Gasteiger partial charge in [-0.25, -0.2) is 0 Å². The average molecular weight is 341 g/mol. The molecule has 0 atom stereocenters. The zero-order valence-electron chi connectivity index (χ0n) is 13.0. The predicted molar refractivity (Wildman–Crippen MR) is 91.0 cm³/mol. The Morgan fingerprint density at radius 1 is 1.21 bits per heavy atom. The van der Waals surface area contributed by atoms with Gasteiger partial charge in [-0.05, 0) is 42.6 Å². The number of nitrogens with one attached hydrogen (secondary N) is 1. The number of Topliss-reactive ketones (excluding diaryl/α,β-unsaturated/α-hetero) is 1. The first-order valence-electron chi connectivity index (χ1n) is 7.39. The minimum atomic E-state index is -0.151. The Kier molecular flexibility index (Phi) is 4.81. The molecule has 1 N–H and O–H groups in total. The minimum absolute atomic E-state index is 0.00850. The van der Waals surface area contributed by atoms with Crippen LogP contribution < -0.4 is 5.32 Å². The van der Waals surface area contributed by atoms with E-state index in [2.05, 4.69) is 15.5 Å². The number of rotatable bonds is 6. The quantitative estimate of drug-likeness (QED) is 0.693. The van der Waals surface area contributed by atoms with E-state index in [1.54, 1.807) is 24.3 Å². The summed E-state index contributed by atoms with van der Waals surface area (Å²) in [5.41, 5.74) is 1.26. The van der Waals surface area contributed by atoms with E-state index in [4.69, 9.17) is 4.52 Å². The number of hydrogen-bond donors (Lipinski definition) is 1. The third-order valence-corrected chi connectivity index (χ3v) is 4.22. The number of benzene rings is 1. The second kappa shape index (κ2) is 7.18. The van der Waals surface area contributed by atoms with Gasteiger partial charge in [0.25, 0.3) is 0 Å². The highest BCUT2D eigenvalue weighted by atomic mass is 32.1. The number of ketones is 1. The zero-order valence-corrected chi connectivity index (χ0v) is 13.8. The first-order chi connectivity index (χ1) is 11.6. The third-order valence-electron chi connectivity index (χ3n) is 3.35. The summed E-state index contributed by atoms with van der Waals surface area (Å²) in [6.45, 7) is 1.50. The molecule has 0 radical (unpaired) electrons. The van der Waals surface area contributed by atoms with Gasteiger partial charge in [0, 0.05) is 24.1 Å². The second-order valence-electron chi connectivity index (χ2n) is 5.17. The molecule has 0 fully saturated rings. The van der Waals surface area contributed by atoms with E-state index in [0.29, 0.717) is 29.4 Å². The van der Waals surface area contributed by atoms with Crippen LogP contribution in [0.25, 0.3) is 10.7 Å². The number of carbonyl (C=O) groups is 2. The molecule has 2 heterocycles. The van der Waals surface area contributed by atoms with Crippen molar-refractivity contribution >= 4 is 28.7 Å². The van der Waals surface area contributed by atoms with Gasteiger partial charge >= 0.3 is 0 Å². The van der Waals surface area contributed by atoms with Crippen LogP contribution in [-0.4, -0.2) is 21.8 Å². The van der Waals surface area contributed by atoms with Crippen molar-refractivity contribution < 1.29 is 14.1 Å². The first kappa shape index (κ1) is 16.1. The number of anilines is 1. The highest BCUT2D eigenvalue weighted by Crippen LogP contribution is 2.21. The summed E-state index contributed by atoms with van der Waals surface area (Å²) >= 11 is 1.53. The maximum Gasteiger partial charge on any atom is 0.227 e. The Bertz CT molecular complexity index is 838. The lowest BCUT2D eigenvalue weighted by Crippen LogP contribution is -2.12. The van der Waals surface area contributed by atoms with Crippen LogP contribution in [0.15, 0.2) is 46.3 Å². The molecule has 7 heteroatoms. The van der Waals surface area contributed by atoms with E-state index >= 15 is 0 Å². The maximum atomic E-state index is 12.0. The Labute approximate surface area is 142 Å². The molecule has 0 spiro atoms. The van der Waals surface area contributed by atoms with Gasteiger partial charge < -0.3 is 9.84 Å². The molecule has 3 aromatic rings. The summed E-state index contributed by atoms with van der Waals surface area (Å²) in [6, 6.07) is 10.6. The molecule has 1 amide bonds. The van der Waals surface area contributed by atoms with Crippen molar-refractivity contribution in [3.05, 3.63) is 53.2 Å². The molecular formula is C17H15N3O3S. The summed E-state index contributed by atoms with van der Waals surface area (Å²) in [5, 5.41) is 8.62. The molecule has 2 aromatic heterocycles. The first-order valence-corrected chi connectivity index (χ1v) is 8.27. The lowest BCUT2D eigenvalue weighted by atomic mass is 10.1. The van der Waals surface area contributed by atoms with Crippen LogP contribution in [0.5, 0.6) is 0 Å². The highest BCUT2D eigenvalue weighted by molar-refractivity contribution is 7.13. The van der Waals surface area contributed by atoms with E-state index in [1.807, 2.05) is 17.5 Å². The molecular weight excluding hydrogens is 326 g/mol. The van der Waals surface area contributed by atoms with Gasteiger partial charge in [-0.3, -0.25) is 9.59 Å². The summed E-state index contributed by atoms with van der Waals surface area (Å²) in [5.74, 6) is 0.813. The number of nitrogens with zero attached hydrogens (tertiary/aromatic N) is 2. The maximum absolute atomic E-state index is 12.0. The molecule has 3 rings (SSSR count). The average Bonchev–Trinajstić information content (AvgIpc) is 3.25. The van der Waals surface area contributed by atoms with Crippen LogP contribution in [0.4, 0.5) is 5.69 Å². The largest absolute Gasteiger partial charge is 0.339 e. The monoisotopic (exact) mass is 341 g/mol. The van der Waals surface area contributed by atoms with Gasteiger partial charge in [0.2, 0.25) is 17.6 Å². The van der Waals surface area contributed by atoms with E-state index in [1.165, 1.54) is 18.3 Å². The van der Waals surface area contributed by atoms with E-state index < -0.39 is 0 Å². The molecule has 0 aliphatic rings. The van der Waals surface area contributed by atoms with Gasteiger partial charge in [0.05, 0.1) is 4.88 Å². The molecule has 0 aliphatic carbocycles. The van der Waals surface area contributed by atoms with Gasteiger partial charge in [-0.15, -0.1) is 11.3 Å². The number of thiophene rings is 1. The molecule has 0 aliphatic heterocycles. The molecule has 0 saturated heterocycles. The smallest absolute Gasteiger partial charge is 0.227 e. The van der Waals surface area contributed by atoms with Crippen molar-refractivity contribution in [1.82, 2.24) is 10.1 Å². The van der Waals surface area contributed by atoms with Crippen molar-refractivity contribution in [3.8, 4) is 10.7 Å². The van der Waals surface area contributed by atoms with Crippen molar-refractivity contribution in [2.24, 2.45) is 0 Å². The standard InChI is InChI=1S/C17H15N3O3S/c1-11(21)12-4-6-13(7-5-12)18-15(22)8-9-16-19-17(20-23-16)14-3-2-10-24-14/h2-7,10H,8-9H2,1H3,(H,18,22). The number of amides is 1. The Hall–Kier alpha value is -2.80. The third kappa shape index (κ3) is 3.94. The molecule has 122 valence electrons.